The Hall–Kier alpha value is -3.54. The lowest BCUT2D eigenvalue weighted by Gasteiger charge is -2.09. The maximum Gasteiger partial charge on any atom is 0.163 e. The smallest absolute Gasteiger partial charge is 0.163 e. The number of hydrogen-bond donors (Lipinski definition) is 1. The van der Waals surface area contributed by atoms with E-state index in [1.54, 1.807) is 42.5 Å². The fourth-order valence-corrected chi connectivity index (χ4v) is 2.50. The van der Waals surface area contributed by atoms with Crippen molar-refractivity contribution >= 4 is 23.7 Å². The third-order valence-electron chi connectivity index (χ3n) is 3.92. The Morgan fingerprint density at radius 1 is 0.857 bits per heavy atom. The fourth-order valence-electron chi connectivity index (χ4n) is 2.50. The van der Waals surface area contributed by atoms with Crippen molar-refractivity contribution in [1.29, 1.82) is 0 Å². The van der Waals surface area contributed by atoms with E-state index in [2.05, 4.69) is 0 Å². The van der Waals surface area contributed by atoms with Gasteiger partial charge in [-0.25, -0.2) is 0 Å². The van der Waals surface area contributed by atoms with Gasteiger partial charge in [0.1, 0.15) is 11.5 Å². The second kappa shape index (κ2) is 9.97. The van der Waals surface area contributed by atoms with Crippen LogP contribution in [0, 0.1) is 0 Å². The third kappa shape index (κ3) is 5.48. The van der Waals surface area contributed by atoms with E-state index in [-0.39, 0.29) is 23.7 Å². The van der Waals surface area contributed by atoms with Crippen LogP contribution in [0.1, 0.15) is 17.5 Å². The summed E-state index contributed by atoms with van der Waals surface area (Å²) in [7, 11) is 4.50. The lowest BCUT2D eigenvalue weighted by Crippen LogP contribution is -2.02. The second-order valence-corrected chi connectivity index (χ2v) is 5.78. The molecule has 0 saturated heterocycles. The van der Waals surface area contributed by atoms with Crippen LogP contribution in [0.2, 0.25) is 0 Å². The summed E-state index contributed by atoms with van der Waals surface area (Å²) in [6, 6.07) is 9.99. The van der Waals surface area contributed by atoms with Crippen LogP contribution in [0.5, 0.6) is 23.0 Å². The largest absolute Gasteiger partial charge is 0.504 e. The highest BCUT2D eigenvalue weighted by molar-refractivity contribution is 6.11. The van der Waals surface area contributed by atoms with Gasteiger partial charge in [0.15, 0.2) is 23.1 Å². The molecule has 0 heterocycles. The molecule has 0 aliphatic carbocycles. The number of rotatable bonds is 9. The zero-order chi connectivity index (χ0) is 20.5. The lowest BCUT2D eigenvalue weighted by molar-refractivity contribution is -0.121. The summed E-state index contributed by atoms with van der Waals surface area (Å²) in [5.41, 5.74) is 1.30. The van der Waals surface area contributed by atoms with Crippen LogP contribution in [0.3, 0.4) is 0 Å². The second-order valence-electron chi connectivity index (χ2n) is 5.78. The molecule has 0 aliphatic heterocycles. The normalized spacial score (nSPS) is 11.0. The standard InChI is InChI=1S/C22H22O6/c1-26-20-5-4-6-21(27-2)18(20)11-10-17(24)14-16(23)9-7-15-8-12-19(25)22(13-15)28-3/h4-13,25H,14H2,1-3H3. The number of ether oxygens (including phenoxy) is 3. The number of benzene rings is 2. The van der Waals surface area contributed by atoms with Gasteiger partial charge in [-0.05, 0) is 48.1 Å². The lowest BCUT2D eigenvalue weighted by atomic mass is 10.1. The summed E-state index contributed by atoms with van der Waals surface area (Å²) in [6.45, 7) is 0. The molecule has 2 aromatic carbocycles. The van der Waals surface area contributed by atoms with Crippen molar-refractivity contribution < 1.29 is 28.9 Å². The molecule has 0 aromatic heterocycles. The van der Waals surface area contributed by atoms with Gasteiger partial charge in [0.25, 0.3) is 0 Å². The zero-order valence-electron chi connectivity index (χ0n) is 16.0. The van der Waals surface area contributed by atoms with Gasteiger partial charge in [0, 0.05) is 0 Å². The average molecular weight is 382 g/mol. The van der Waals surface area contributed by atoms with E-state index in [4.69, 9.17) is 14.2 Å². The molecule has 146 valence electrons. The molecular weight excluding hydrogens is 360 g/mol. The predicted molar refractivity (Wildman–Crippen MR) is 107 cm³/mol. The minimum absolute atomic E-state index is 0.0121. The van der Waals surface area contributed by atoms with E-state index in [9.17, 15) is 14.7 Å². The Bertz CT molecular complexity index is 889. The number of phenols is 1. The Morgan fingerprint density at radius 3 is 2.00 bits per heavy atom. The van der Waals surface area contributed by atoms with Gasteiger partial charge in [-0.2, -0.15) is 0 Å². The highest BCUT2D eigenvalue weighted by Crippen LogP contribution is 2.29. The third-order valence-corrected chi connectivity index (χ3v) is 3.92. The van der Waals surface area contributed by atoms with E-state index in [1.165, 1.54) is 39.5 Å². The van der Waals surface area contributed by atoms with Crippen molar-refractivity contribution in [2.75, 3.05) is 21.3 Å². The Labute approximate surface area is 163 Å². The minimum atomic E-state index is -0.342. The van der Waals surface area contributed by atoms with Gasteiger partial charge < -0.3 is 19.3 Å². The summed E-state index contributed by atoms with van der Waals surface area (Å²) in [6.07, 6.45) is 5.52. The van der Waals surface area contributed by atoms with E-state index in [0.29, 0.717) is 28.4 Å². The molecule has 2 rings (SSSR count). The summed E-state index contributed by atoms with van der Waals surface area (Å²) >= 11 is 0. The topological polar surface area (TPSA) is 82.1 Å². The van der Waals surface area contributed by atoms with Crippen molar-refractivity contribution in [3.63, 3.8) is 0 Å². The van der Waals surface area contributed by atoms with Gasteiger partial charge in [0.2, 0.25) is 0 Å². The van der Waals surface area contributed by atoms with Crippen LogP contribution >= 0.6 is 0 Å². The molecule has 0 saturated carbocycles. The summed E-state index contributed by atoms with van der Waals surface area (Å²) in [5.74, 6) is 0.767. The number of ketones is 2. The van der Waals surface area contributed by atoms with Crippen molar-refractivity contribution in [1.82, 2.24) is 0 Å². The molecule has 0 amide bonds. The van der Waals surface area contributed by atoms with E-state index < -0.39 is 0 Å². The maximum atomic E-state index is 12.1. The van der Waals surface area contributed by atoms with Gasteiger partial charge in [-0.3, -0.25) is 9.59 Å². The summed E-state index contributed by atoms with van der Waals surface area (Å²) < 4.78 is 15.6. The first-order valence-corrected chi connectivity index (χ1v) is 8.48. The molecule has 6 nitrogen and oxygen atoms in total. The number of methoxy groups -OCH3 is 3. The predicted octanol–water partition coefficient (Wildman–Crippen LogP) is 3.67. The molecule has 0 aliphatic rings. The van der Waals surface area contributed by atoms with Crippen LogP contribution in [-0.2, 0) is 9.59 Å². The van der Waals surface area contributed by atoms with Crippen LogP contribution in [0.25, 0.3) is 12.2 Å². The molecule has 28 heavy (non-hydrogen) atoms. The van der Waals surface area contributed by atoms with Crippen molar-refractivity contribution in [3.8, 4) is 23.0 Å². The first kappa shape index (κ1) is 20.8. The van der Waals surface area contributed by atoms with Gasteiger partial charge >= 0.3 is 0 Å². The van der Waals surface area contributed by atoms with E-state index >= 15 is 0 Å². The Morgan fingerprint density at radius 2 is 1.43 bits per heavy atom. The van der Waals surface area contributed by atoms with Crippen LogP contribution < -0.4 is 14.2 Å². The first-order chi connectivity index (χ1) is 13.5. The van der Waals surface area contributed by atoms with Crippen LogP contribution in [-0.4, -0.2) is 38.0 Å². The molecule has 0 bridgehead atoms. The quantitative estimate of drug-likeness (QED) is 0.526. The van der Waals surface area contributed by atoms with Crippen LogP contribution in [0.15, 0.2) is 48.6 Å². The molecule has 0 atom stereocenters. The van der Waals surface area contributed by atoms with E-state index in [0.717, 1.165) is 0 Å². The fraction of sp³-hybridized carbons (Fsp3) is 0.182. The summed E-state index contributed by atoms with van der Waals surface area (Å²) in [5, 5.41) is 9.57. The van der Waals surface area contributed by atoms with E-state index in [1.807, 2.05) is 0 Å². The number of hydrogen-bond acceptors (Lipinski definition) is 6. The molecule has 0 unspecified atom stereocenters. The molecule has 0 fully saturated rings. The van der Waals surface area contributed by atoms with Gasteiger partial charge in [-0.15, -0.1) is 0 Å². The minimum Gasteiger partial charge on any atom is -0.504 e. The molecule has 1 N–H and O–H groups in total. The van der Waals surface area contributed by atoms with Crippen LogP contribution in [0.4, 0.5) is 0 Å². The van der Waals surface area contributed by atoms with Crippen molar-refractivity contribution in [3.05, 3.63) is 59.7 Å². The molecule has 0 spiro atoms. The molecule has 6 heteroatoms. The van der Waals surface area contributed by atoms with Gasteiger partial charge in [-0.1, -0.05) is 18.2 Å². The number of carbonyl (C=O) groups excluding carboxylic acids is 2. The van der Waals surface area contributed by atoms with Crippen molar-refractivity contribution in [2.24, 2.45) is 0 Å². The molecule has 0 radical (unpaired) electrons. The average Bonchev–Trinajstić information content (AvgIpc) is 2.71. The highest BCUT2D eigenvalue weighted by atomic mass is 16.5. The van der Waals surface area contributed by atoms with Gasteiger partial charge in [0.05, 0.1) is 33.3 Å². The summed E-state index contributed by atoms with van der Waals surface area (Å²) in [4.78, 5) is 24.1. The Kier molecular flexibility index (Phi) is 7.39. The zero-order valence-corrected chi connectivity index (χ0v) is 16.0. The first-order valence-electron chi connectivity index (χ1n) is 8.48. The molecule has 2 aromatic rings. The number of allylic oxidation sites excluding steroid dienone is 2. The maximum absolute atomic E-state index is 12.1. The molecular formula is C22H22O6. The van der Waals surface area contributed by atoms with Crippen molar-refractivity contribution in [2.45, 2.75) is 6.42 Å². The highest BCUT2D eigenvalue weighted by Gasteiger charge is 2.09. The number of phenolic OH excluding ortho intramolecular Hbond substituents is 1. The number of aromatic hydroxyl groups is 1. The monoisotopic (exact) mass is 382 g/mol. The Balaban J connectivity index is 2.03. The number of carbonyl (C=O) groups is 2. The SMILES string of the molecule is COc1cc(C=CC(=O)CC(=O)C=Cc2c(OC)cccc2OC)ccc1O.